The van der Waals surface area contributed by atoms with Crippen molar-refractivity contribution in [3.8, 4) is 11.8 Å². The summed E-state index contributed by atoms with van der Waals surface area (Å²) in [5.41, 5.74) is 1.52. The fraction of sp³-hybridized carbons (Fsp3) is 0.214. The lowest BCUT2D eigenvalue weighted by Gasteiger charge is -2.05. The van der Waals surface area contributed by atoms with E-state index in [-0.39, 0.29) is 11.7 Å². The molecule has 0 spiro atoms. The molecule has 0 aliphatic heterocycles. The monoisotopic (exact) mass is 273 g/mol. The molecule has 0 radical (unpaired) electrons. The van der Waals surface area contributed by atoms with Crippen LogP contribution in [0.5, 0.6) is 11.8 Å². The first-order valence-corrected chi connectivity index (χ1v) is 6.11. The number of nitrogens with zero attached hydrogens (tertiary/aromatic N) is 2. The van der Waals surface area contributed by atoms with Crippen molar-refractivity contribution in [3.63, 3.8) is 0 Å². The van der Waals surface area contributed by atoms with Crippen LogP contribution in [0.2, 0.25) is 0 Å². The number of aromatic nitrogens is 2. The van der Waals surface area contributed by atoms with Gasteiger partial charge in [-0.05, 0) is 36.2 Å². The van der Waals surface area contributed by atoms with Crippen LogP contribution >= 0.6 is 0 Å². The Labute approximate surface area is 116 Å². The zero-order valence-corrected chi connectivity index (χ0v) is 11.0. The number of phenolic OH excluding ortho intramolecular Hbond substituents is 1. The minimum atomic E-state index is -0.105. The van der Waals surface area contributed by atoms with E-state index in [0.29, 0.717) is 24.5 Å². The number of amides is 1. The first kappa shape index (κ1) is 13.8. The number of ether oxygens (including phenoxy) is 1. The predicted octanol–water partition coefficient (Wildman–Crippen LogP) is 1.76. The lowest BCUT2D eigenvalue weighted by Crippen LogP contribution is -2.12. The van der Waals surface area contributed by atoms with Crippen molar-refractivity contribution in [2.75, 3.05) is 12.4 Å². The fourth-order valence-electron chi connectivity index (χ4n) is 1.60. The smallest absolute Gasteiger partial charge is 0.316 e. The Morgan fingerprint density at radius 2 is 1.90 bits per heavy atom. The Hall–Kier alpha value is -2.63. The summed E-state index contributed by atoms with van der Waals surface area (Å²) in [6.07, 6.45) is 4.16. The molecule has 1 heterocycles. The molecule has 0 fully saturated rings. The summed E-state index contributed by atoms with van der Waals surface area (Å²) in [5, 5.41) is 11.9. The third kappa shape index (κ3) is 3.94. The van der Waals surface area contributed by atoms with Crippen molar-refractivity contribution in [3.05, 3.63) is 42.2 Å². The first-order chi connectivity index (χ1) is 9.67. The molecule has 0 saturated heterocycles. The molecule has 2 rings (SSSR count). The highest BCUT2D eigenvalue weighted by Crippen LogP contribution is 2.14. The number of methoxy groups -OCH3 is 1. The largest absolute Gasteiger partial charge is 0.508 e. The molecule has 1 aromatic heterocycles. The number of benzene rings is 1. The van der Waals surface area contributed by atoms with Crippen LogP contribution in [0, 0.1) is 0 Å². The van der Waals surface area contributed by atoms with Gasteiger partial charge in [0.05, 0.1) is 7.11 Å². The van der Waals surface area contributed by atoms with Gasteiger partial charge in [-0.1, -0.05) is 0 Å². The number of rotatable bonds is 5. The van der Waals surface area contributed by atoms with E-state index in [2.05, 4.69) is 15.3 Å². The van der Waals surface area contributed by atoms with Crippen LogP contribution in [0.15, 0.2) is 36.7 Å². The van der Waals surface area contributed by atoms with Gasteiger partial charge in [0, 0.05) is 24.5 Å². The zero-order chi connectivity index (χ0) is 14.4. The second-order valence-corrected chi connectivity index (χ2v) is 4.17. The summed E-state index contributed by atoms with van der Waals surface area (Å²) in [5.74, 6) is 0.0601. The first-order valence-electron chi connectivity index (χ1n) is 6.11. The molecule has 104 valence electrons. The van der Waals surface area contributed by atoms with Gasteiger partial charge in [-0.2, -0.15) is 0 Å². The fourth-order valence-corrected chi connectivity index (χ4v) is 1.60. The Kier molecular flexibility index (Phi) is 4.49. The van der Waals surface area contributed by atoms with Crippen molar-refractivity contribution in [2.45, 2.75) is 12.8 Å². The molecule has 0 atom stereocenters. The summed E-state index contributed by atoms with van der Waals surface area (Å²) in [6.45, 7) is 0. The highest BCUT2D eigenvalue weighted by atomic mass is 16.5. The second-order valence-electron chi connectivity index (χ2n) is 4.17. The van der Waals surface area contributed by atoms with Crippen LogP contribution in [-0.2, 0) is 11.2 Å². The molecule has 20 heavy (non-hydrogen) atoms. The van der Waals surface area contributed by atoms with E-state index in [4.69, 9.17) is 9.84 Å². The van der Waals surface area contributed by atoms with Gasteiger partial charge in [0.15, 0.2) is 0 Å². The number of carbonyl (C=O) groups excluding carboxylic acids is 1. The lowest BCUT2D eigenvalue weighted by atomic mass is 10.2. The SMILES string of the molecule is COc1ncc(CCC(=O)Nc2ccc(O)cc2)cn1. The summed E-state index contributed by atoms with van der Waals surface area (Å²) >= 11 is 0. The summed E-state index contributed by atoms with van der Waals surface area (Å²) < 4.78 is 4.86. The number of nitrogens with one attached hydrogen (secondary N) is 1. The second kappa shape index (κ2) is 6.51. The average Bonchev–Trinajstić information content (AvgIpc) is 2.48. The minimum Gasteiger partial charge on any atom is -0.508 e. The normalized spacial score (nSPS) is 10.1. The van der Waals surface area contributed by atoms with Crippen molar-refractivity contribution < 1.29 is 14.6 Å². The maximum atomic E-state index is 11.8. The molecule has 0 aliphatic carbocycles. The Balaban J connectivity index is 1.83. The number of carbonyl (C=O) groups is 1. The van der Waals surface area contributed by atoms with Gasteiger partial charge in [-0.15, -0.1) is 0 Å². The van der Waals surface area contributed by atoms with Gasteiger partial charge in [-0.25, -0.2) is 9.97 Å². The molecular weight excluding hydrogens is 258 g/mol. The Morgan fingerprint density at radius 3 is 2.50 bits per heavy atom. The van der Waals surface area contributed by atoms with Crippen LogP contribution in [0.1, 0.15) is 12.0 Å². The number of hydrogen-bond acceptors (Lipinski definition) is 5. The topological polar surface area (TPSA) is 84.3 Å². The molecule has 6 heteroatoms. The van der Waals surface area contributed by atoms with Gasteiger partial charge < -0.3 is 15.2 Å². The molecule has 1 amide bonds. The molecule has 2 aromatic rings. The van der Waals surface area contributed by atoms with Crippen LogP contribution in [-0.4, -0.2) is 28.1 Å². The van der Waals surface area contributed by atoms with E-state index in [1.54, 1.807) is 24.5 Å². The van der Waals surface area contributed by atoms with Gasteiger partial charge in [0.1, 0.15) is 5.75 Å². The predicted molar refractivity (Wildman–Crippen MR) is 73.6 cm³/mol. The molecule has 0 bridgehead atoms. The van der Waals surface area contributed by atoms with Crippen LogP contribution in [0.4, 0.5) is 5.69 Å². The molecule has 1 aromatic carbocycles. The maximum Gasteiger partial charge on any atom is 0.316 e. The van der Waals surface area contributed by atoms with Crippen LogP contribution in [0.3, 0.4) is 0 Å². The average molecular weight is 273 g/mol. The number of aryl methyl sites for hydroxylation is 1. The molecule has 2 N–H and O–H groups in total. The summed E-state index contributed by atoms with van der Waals surface area (Å²) in [7, 11) is 1.50. The third-order valence-electron chi connectivity index (χ3n) is 2.66. The third-order valence-corrected chi connectivity index (χ3v) is 2.66. The van der Waals surface area contributed by atoms with Gasteiger partial charge in [0.2, 0.25) is 5.91 Å². The zero-order valence-electron chi connectivity index (χ0n) is 11.0. The van der Waals surface area contributed by atoms with Crippen molar-refractivity contribution in [1.29, 1.82) is 0 Å². The van der Waals surface area contributed by atoms with Gasteiger partial charge in [0.25, 0.3) is 0 Å². The van der Waals surface area contributed by atoms with E-state index in [1.807, 2.05) is 0 Å². The Bertz CT molecular complexity index is 567. The standard InChI is InChI=1S/C14H15N3O3/c1-20-14-15-8-10(9-16-14)2-7-13(19)17-11-3-5-12(18)6-4-11/h3-6,8-9,18H,2,7H2,1H3,(H,17,19). The highest BCUT2D eigenvalue weighted by Gasteiger charge is 2.04. The molecule has 0 unspecified atom stereocenters. The van der Waals surface area contributed by atoms with Crippen molar-refractivity contribution >= 4 is 11.6 Å². The summed E-state index contributed by atoms with van der Waals surface area (Å²) in [4.78, 5) is 19.7. The van der Waals surface area contributed by atoms with Gasteiger partial charge >= 0.3 is 6.01 Å². The van der Waals surface area contributed by atoms with E-state index >= 15 is 0 Å². The number of hydrogen-bond donors (Lipinski definition) is 2. The maximum absolute atomic E-state index is 11.8. The van der Waals surface area contributed by atoms with Crippen molar-refractivity contribution in [2.24, 2.45) is 0 Å². The summed E-state index contributed by atoms with van der Waals surface area (Å²) in [6, 6.07) is 6.63. The van der Waals surface area contributed by atoms with E-state index in [1.165, 1.54) is 19.2 Å². The van der Waals surface area contributed by atoms with Crippen molar-refractivity contribution in [1.82, 2.24) is 9.97 Å². The Morgan fingerprint density at radius 1 is 1.25 bits per heavy atom. The number of phenols is 1. The highest BCUT2D eigenvalue weighted by molar-refractivity contribution is 5.90. The van der Waals surface area contributed by atoms with Gasteiger partial charge in [-0.3, -0.25) is 4.79 Å². The van der Waals surface area contributed by atoms with Crippen LogP contribution < -0.4 is 10.1 Å². The quantitative estimate of drug-likeness (QED) is 0.811. The number of anilines is 1. The molecule has 0 aliphatic rings. The van der Waals surface area contributed by atoms with Crippen LogP contribution in [0.25, 0.3) is 0 Å². The molecular formula is C14H15N3O3. The lowest BCUT2D eigenvalue weighted by molar-refractivity contribution is -0.116. The molecule has 0 saturated carbocycles. The van der Waals surface area contributed by atoms with E-state index < -0.39 is 0 Å². The van der Waals surface area contributed by atoms with E-state index in [0.717, 1.165) is 5.56 Å². The minimum absolute atomic E-state index is 0.105. The van der Waals surface area contributed by atoms with E-state index in [9.17, 15) is 4.79 Å². The number of aromatic hydroxyl groups is 1. The molecule has 6 nitrogen and oxygen atoms in total.